The van der Waals surface area contributed by atoms with Gasteiger partial charge in [0.1, 0.15) is 12.4 Å². The van der Waals surface area contributed by atoms with Crippen molar-refractivity contribution in [1.29, 1.82) is 0 Å². The van der Waals surface area contributed by atoms with Crippen molar-refractivity contribution in [2.75, 3.05) is 29.8 Å². The zero-order chi connectivity index (χ0) is 14.2. The van der Waals surface area contributed by atoms with E-state index in [-0.39, 0.29) is 11.9 Å². The maximum atomic E-state index is 12.6. The first-order chi connectivity index (χ1) is 9.56. The second kappa shape index (κ2) is 5.26. The highest BCUT2D eigenvalue weighted by molar-refractivity contribution is 7.92. The second-order valence-corrected chi connectivity index (χ2v) is 7.24. The van der Waals surface area contributed by atoms with Gasteiger partial charge in [-0.3, -0.25) is 4.31 Å². The van der Waals surface area contributed by atoms with Gasteiger partial charge in [0.25, 0.3) is 0 Å². The third-order valence-electron chi connectivity index (χ3n) is 3.69. The average molecular weight is 297 g/mol. The number of aryl methyl sites for hydroxylation is 1. The number of nitrogens with zero attached hydrogens (tertiary/aromatic N) is 1. The minimum absolute atomic E-state index is 0.0559. The highest BCUT2D eigenvalue weighted by Crippen LogP contribution is 2.34. The fourth-order valence-electron chi connectivity index (χ4n) is 2.69. The molecule has 1 unspecified atom stereocenters. The van der Waals surface area contributed by atoms with Crippen molar-refractivity contribution < 1.29 is 17.9 Å². The molecule has 1 fully saturated rings. The lowest BCUT2D eigenvalue weighted by Crippen LogP contribution is -2.41. The van der Waals surface area contributed by atoms with Crippen LogP contribution >= 0.6 is 0 Å². The highest BCUT2D eigenvalue weighted by Gasteiger charge is 2.32. The standard InChI is InChI=1S/C14H19NO4S/c1-11-4-5-13-14(9-11)19-8-6-15(13)20(16,17)10-12-3-2-7-18-12/h4-5,9,12H,2-3,6-8,10H2,1H3. The molecule has 1 saturated heterocycles. The van der Waals surface area contributed by atoms with Gasteiger partial charge in [-0.05, 0) is 37.5 Å². The summed E-state index contributed by atoms with van der Waals surface area (Å²) in [6.07, 6.45) is 1.60. The topological polar surface area (TPSA) is 55.8 Å². The van der Waals surface area contributed by atoms with Gasteiger partial charge in [0.05, 0.1) is 24.1 Å². The van der Waals surface area contributed by atoms with Gasteiger partial charge in [0.2, 0.25) is 10.0 Å². The predicted molar refractivity (Wildman–Crippen MR) is 76.8 cm³/mol. The molecule has 2 heterocycles. The van der Waals surface area contributed by atoms with Crippen LogP contribution in [0.25, 0.3) is 0 Å². The summed E-state index contributed by atoms with van der Waals surface area (Å²) in [5.41, 5.74) is 1.70. The van der Waals surface area contributed by atoms with Gasteiger partial charge in [-0.15, -0.1) is 0 Å². The van der Waals surface area contributed by atoms with E-state index >= 15 is 0 Å². The molecule has 1 aromatic rings. The predicted octanol–water partition coefficient (Wildman–Crippen LogP) is 1.70. The van der Waals surface area contributed by atoms with E-state index < -0.39 is 10.0 Å². The summed E-state index contributed by atoms with van der Waals surface area (Å²) < 4.78 is 37.6. The Labute approximate surface area is 119 Å². The van der Waals surface area contributed by atoms with E-state index in [0.29, 0.717) is 31.2 Å². The molecule has 0 amide bonds. The zero-order valence-electron chi connectivity index (χ0n) is 11.5. The number of benzene rings is 1. The van der Waals surface area contributed by atoms with Crippen molar-refractivity contribution in [2.24, 2.45) is 0 Å². The minimum Gasteiger partial charge on any atom is -0.489 e. The lowest BCUT2D eigenvalue weighted by Gasteiger charge is -2.31. The lowest BCUT2D eigenvalue weighted by atomic mass is 10.2. The molecule has 0 radical (unpaired) electrons. The Morgan fingerprint density at radius 1 is 1.35 bits per heavy atom. The van der Waals surface area contributed by atoms with E-state index in [2.05, 4.69) is 0 Å². The van der Waals surface area contributed by atoms with Crippen LogP contribution in [0.3, 0.4) is 0 Å². The lowest BCUT2D eigenvalue weighted by molar-refractivity contribution is 0.127. The van der Waals surface area contributed by atoms with Crippen molar-refractivity contribution >= 4 is 15.7 Å². The molecule has 2 aliphatic heterocycles. The molecule has 0 N–H and O–H groups in total. The second-order valence-electron chi connectivity index (χ2n) is 5.31. The van der Waals surface area contributed by atoms with Gasteiger partial charge < -0.3 is 9.47 Å². The molecule has 6 heteroatoms. The molecule has 2 aliphatic rings. The number of fused-ring (bicyclic) bond motifs is 1. The van der Waals surface area contributed by atoms with Crippen molar-refractivity contribution in [3.05, 3.63) is 23.8 Å². The molecule has 0 aliphatic carbocycles. The summed E-state index contributed by atoms with van der Waals surface area (Å²) in [6, 6.07) is 5.60. The number of sulfonamides is 1. The van der Waals surface area contributed by atoms with Crippen LogP contribution in [0, 0.1) is 6.92 Å². The van der Waals surface area contributed by atoms with Crippen molar-refractivity contribution in [1.82, 2.24) is 0 Å². The van der Waals surface area contributed by atoms with Gasteiger partial charge in [-0.25, -0.2) is 8.42 Å². The summed E-state index contributed by atoms with van der Waals surface area (Å²) in [6.45, 7) is 3.38. The normalized spacial score (nSPS) is 22.4. The Morgan fingerprint density at radius 2 is 2.20 bits per heavy atom. The van der Waals surface area contributed by atoms with Crippen LogP contribution in [-0.4, -0.2) is 40.0 Å². The monoisotopic (exact) mass is 297 g/mol. The molecule has 3 rings (SSSR count). The largest absolute Gasteiger partial charge is 0.489 e. The number of anilines is 1. The van der Waals surface area contributed by atoms with E-state index in [4.69, 9.17) is 9.47 Å². The number of hydrogen-bond donors (Lipinski definition) is 0. The van der Waals surface area contributed by atoms with Crippen LogP contribution in [0.2, 0.25) is 0 Å². The molecular formula is C14H19NO4S. The van der Waals surface area contributed by atoms with Crippen molar-refractivity contribution in [3.8, 4) is 5.75 Å². The Bertz CT molecular complexity index is 593. The van der Waals surface area contributed by atoms with Crippen LogP contribution in [0.5, 0.6) is 5.75 Å². The van der Waals surface area contributed by atoms with E-state index in [1.807, 2.05) is 25.1 Å². The summed E-state index contributed by atoms with van der Waals surface area (Å²) in [5.74, 6) is 0.701. The Kier molecular flexibility index (Phi) is 3.60. The Morgan fingerprint density at radius 3 is 2.95 bits per heavy atom. The van der Waals surface area contributed by atoms with E-state index in [9.17, 15) is 8.42 Å². The molecule has 5 nitrogen and oxygen atoms in total. The molecule has 0 bridgehead atoms. The summed E-state index contributed by atoms with van der Waals surface area (Å²) in [5, 5.41) is 0. The van der Waals surface area contributed by atoms with Gasteiger partial charge in [-0.1, -0.05) is 6.07 Å². The third kappa shape index (κ3) is 2.62. The van der Waals surface area contributed by atoms with Crippen LogP contribution < -0.4 is 9.04 Å². The van der Waals surface area contributed by atoms with Gasteiger partial charge in [-0.2, -0.15) is 0 Å². The van der Waals surface area contributed by atoms with Crippen LogP contribution in [0.15, 0.2) is 18.2 Å². The fourth-order valence-corrected chi connectivity index (χ4v) is 4.41. The molecule has 0 saturated carbocycles. The van der Waals surface area contributed by atoms with Crippen molar-refractivity contribution in [2.45, 2.75) is 25.9 Å². The first-order valence-electron chi connectivity index (χ1n) is 6.92. The van der Waals surface area contributed by atoms with E-state index in [1.54, 1.807) is 0 Å². The number of ether oxygens (including phenoxy) is 2. The Hall–Kier alpha value is -1.27. The van der Waals surface area contributed by atoms with Gasteiger partial charge in [0.15, 0.2) is 0 Å². The first kappa shape index (κ1) is 13.7. The van der Waals surface area contributed by atoms with E-state index in [1.165, 1.54) is 4.31 Å². The van der Waals surface area contributed by atoms with Gasteiger partial charge in [0, 0.05) is 6.61 Å². The minimum atomic E-state index is -3.36. The summed E-state index contributed by atoms with van der Waals surface area (Å²) >= 11 is 0. The number of hydrogen-bond acceptors (Lipinski definition) is 4. The SMILES string of the molecule is Cc1ccc2c(c1)OCCN2S(=O)(=O)CC1CCCO1. The van der Waals surface area contributed by atoms with E-state index in [0.717, 1.165) is 18.4 Å². The first-order valence-corrected chi connectivity index (χ1v) is 8.53. The molecule has 0 spiro atoms. The molecule has 20 heavy (non-hydrogen) atoms. The average Bonchev–Trinajstić information content (AvgIpc) is 2.89. The van der Waals surface area contributed by atoms with Gasteiger partial charge >= 0.3 is 0 Å². The molecule has 0 aromatic heterocycles. The fraction of sp³-hybridized carbons (Fsp3) is 0.571. The molecule has 110 valence electrons. The quantitative estimate of drug-likeness (QED) is 0.852. The third-order valence-corrected chi connectivity index (χ3v) is 5.54. The Balaban J connectivity index is 1.87. The van der Waals surface area contributed by atoms with Crippen LogP contribution in [0.4, 0.5) is 5.69 Å². The van der Waals surface area contributed by atoms with Crippen molar-refractivity contribution in [3.63, 3.8) is 0 Å². The maximum absolute atomic E-state index is 12.6. The van der Waals surface area contributed by atoms with Crippen LogP contribution in [0.1, 0.15) is 18.4 Å². The molecule has 1 atom stereocenters. The summed E-state index contributed by atoms with van der Waals surface area (Å²) in [7, 11) is -3.36. The summed E-state index contributed by atoms with van der Waals surface area (Å²) in [4.78, 5) is 0. The number of rotatable bonds is 3. The smallest absolute Gasteiger partial charge is 0.237 e. The zero-order valence-corrected chi connectivity index (χ0v) is 12.4. The molecular weight excluding hydrogens is 278 g/mol. The van der Waals surface area contributed by atoms with Crippen LogP contribution in [-0.2, 0) is 14.8 Å². The highest BCUT2D eigenvalue weighted by atomic mass is 32.2. The maximum Gasteiger partial charge on any atom is 0.237 e. The molecule has 1 aromatic carbocycles.